The number of hydrogen-bond acceptors (Lipinski definition) is 4. The van der Waals surface area contributed by atoms with Crippen LogP contribution in [0.15, 0.2) is 22.8 Å². The van der Waals surface area contributed by atoms with Gasteiger partial charge in [-0.2, -0.15) is 0 Å². The maximum atomic E-state index is 6.11. The number of ether oxygens (including phenoxy) is 1. The molecule has 2 heterocycles. The van der Waals surface area contributed by atoms with E-state index < -0.39 is 0 Å². The Bertz CT molecular complexity index is 285. The molecule has 2 unspecified atom stereocenters. The molecular formula is C11H17NO2S. The normalized spacial score (nSPS) is 20.9. The third kappa shape index (κ3) is 2.56. The van der Waals surface area contributed by atoms with Crippen LogP contribution in [0.2, 0.25) is 0 Å². The summed E-state index contributed by atoms with van der Waals surface area (Å²) in [5.74, 6) is 0.987. The highest BCUT2D eigenvalue weighted by Crippen LogP contribution is 2.38. The van der Waals surface area contributed by atoms with Crippen LogP contribution in [0.25, 0.3) is 0 Å². The molecule has 1 aromatic rings. The van der Waals surface area contributed by atoms with Crippen molar-refractivity contribution in [2.45, 2.75) is 29.9 Å². The molecule has 15 heavy (non-hydrogen) atoms. The molecule has 0 aliphatic carbocycles. The highest BCUT2D eigenvalue weighted by molar-refractivity contribution is 8.00. The van der Waals surface area contributed by atoms with Crippen molar-refractivity contribution >= 4 is 11.8 Å². The van der Waals surface area contributed by atoms with Crippen LogP contribution in [0.4, 0.5) is 0 Å². The lowest BCUT2D eigenvalue weighted by Gasteiger charge is -2.30. The summed E-state index contributed by atoms with van der Waals surface area (Å²) in [7, 11) is 0. The molecule has 84 valence electrons. The maximum absolute atomic E-state index is 6.11. The first-order valence-electron chi connectivity index (χ1n) is 5.33. The van der Waals surface area contributed by atoms with Crippen LogP contribution in [-0.2, 0) is 4.74 Å². The van der Waals surface area contributed by atoms with Gasteiger partial charge in [-0.3, -0.25) is 0 Å². The molecule has 4 heteroatoms. The number of hydrogen-bond donors (Lipinski definition) is 1. The van der Waals surface area contributed by atoms with Gasteiger partial charge in [0, 0.05) is 6.04 Å². The number of nitrogens with two attached hydrogens (primary N) is 1. The van der Waals surface area contributed by atoms with Gasteiger partial charge in [-0.05, 0) is 18.6 Å². The number of rotatable bonds is 5. The first-order valence-corrected chi connectivity index (χ1v) is 6.27. The van der Waals surface area contributed by atoms with E-state index in [1.165, 1.54) is 0 Å². The third-order valence-corrected chi connectivity index (χ3v) is 4.16. The molecule has 1 saturated heterocycles. The van der Waals surface area contributed by atoms with Crippen molar-refractivity contribution in [3.63, 3.8) is 0 Å². The fourth-order valence-electron chi connectivity index (χ4n) is 1.55. The molecule has 0 saturated carbocycles. The molecule has 2 atom stereocenters. The van der Waals surface area contributed by atoms with Crippen LogP contribution in [0.3, 0.4) is 0 Å². The average molecular weight is 227 g/mol. The second kappa shape index (κ2) is 5.05. The first kappa shape index (κ1) is 11.0. The molecule has 1 fully saturated rings. The van der Waals surface area contributed by atoms with Gasteiger partial charge in [-0.15, -0.1) is 11.8 Å². The van der Waals surface area contributed by atoms with Crippen LogP contribution < -0.4 is 5.73 Å². The maximum Gasteiger partial charge on any atom is 0.118 e. The smallest absolute Gasteiger partial charge is 0.118 e. The predicted molar refractivity (Wildman–Crippen MR) is 61.9 cm³/mol. The Hall–Kier alpha value is -0.450. The van der Waals surface area contributed by atoms with E-state index in [1.807, 2.05) is 23.9 Å². The van der Waals surface area contributed by atoms with Gasteiger partial charge in [0.25, 0.3) is 0 Å². The Morgan fingerprint density at radius 3 is 2.87 bits per heavy atom. The molecule has 2 rings (SSSR count). The van der Waals surface area contributed by atoms with Gasteiger partial charge in [0.15, 0.2) is 0 Å². The monoisotopic (exact) mass is 227 g/mol. The predicted octanol–water partition coefficient (Wildman–Crippen LogP) is 2.19. The van der Waals surface area contributed by atoms with Gasteiger partial charge >= 0.3 is 0 Å². The standard InChI is InChI=1S/C11H17NO2S/c1-2-9(12)11(10-4-3-5-14-10)15-8-6-13-7-8/h3-5,8-9,11H,2,6-7,12H2,1H3. The SMILES string of the molecule is CCC(N)C(SC1COC1)c1ccco1. The number of thioether (sulfide) groups is 1. The summed E-state index contributed by atoms with van der Waals surface area (Å²) in [6.45, 7) is 3.80. The van der Waals surface area contributed by atoms with E-state index in [1.54, 1.807) is 6.26 Å². The van der Waals surface area contributed by atoms with Crippen molar-refractivity contribution in [2.24, 2.45) is 5.73 Å². The fourth-order valence-corrected chi connectivity index (χ4v) is 2.97. The van der Waals surface area contributed by atoms with E-state index >= 15 is 0 Å². The van der Waals surface area contributed by atoms with Crippen molar-refractivity contribution in [3.05, 3.63) is 24.2 Å². The van der Waals surface area contributed by atoms with Crippen LogP contribution in [0, 0.1) is 0 Å². The summed E-state index contributed by atoms with van der Waals surface area (Å²) in [5, 5.41) is 0.844. The average Bonchev–Trinajstić information content (AvgIpc) is 2.68. The van der Waals surface area contributed by atoms with E-state index in [-0.39, 0.29) is 11.3 Å². The minimum atomic E-state index is 0.154. The molecule has 0 bridgehead atoms. The van der Waals surface area contributed by atoms with Crippen LogP contribution in [0.5, 0.6) is 0 Å². The van der Waals surface area contributed by atoms with Gasteiger partial charge in [0.1, 0.15) is 5.76 Å². The molecule has 0 radical (unpaired) electrons. The first-order chi connectivity index (χ1) is 7.31. The van der Waals surface area contributed by atoms with Crippen molar-refractivity contribution in [2.75, 3.05) is 13.2 Å². The largest absolute Gasteiger partial charge is 0.468 e. The summed E-state index contributed by atoms with van der Waals surface area (Å²) < 4.78 is 10.6. The molecule has 2 N–H and O–H groups in total. The van der Waals surface area contributed by atoms with Gasteiger partial charge in [0.05, 0.1) is 30.0 Å². The zero-order valence-corrected chi connectivity index (χ0v) is 9.70. The molecule has 1 aliphatic heterocycles. The Kier molecular flexibility index (Phi) is 3.72. The summed E-state index contributed by atoms with van der Waals surface area (Å²) >= 11 is 1.88. The lowest BCUT2D eigenvalue weighted by Crippen LogP contribution is -2.34. The Morgan fingerprint density at radius 2 is 2.40 bits per heavy atom. The van der Waals surface area contributed by atoms with E-state index in [0.717, 1.165) is 25.4 Å². The summed E-state index contributed by atoms with van der Waals surface area (Å²) in [6, 6.07) is 4.08. The second-order valence-corrected chi connectivity index (χ2v) is 5.25. The molecular weight excluding hydrogens is 210 g/mol. The Labute approximate surface area is 94.4 Å². The molecule has 1 aliphatic rings. The van der Waals surface area contributed by atoms with Gasteiger partial charge in [0.2, 0.25) is 0 Å². The van der Waals surface area contributed by atoms with Crippen molar-refractivity contribution in [1.82, 2.24) is 0 Å². The van der Waals surface area contributed by atoms with Gasteiger partial charge < -0.3 is 14.9 Å². The van der Waals surface area contributed by atoms with Gasteiger partial charge in [-0.1, -0.05) is 6.92 Å². The molecule has 3 nitrogen and oxygen atoms in total. The van der Waals surface area contributed by atoms with E-state index in [0.29, 0.717) is 5.25 Å². The second-order valence-electron chi connectivity index (χ2n) is 3.80. The summed E-state index contributed by atoms with van der Waals surface area (Å²) in [4.78, 5) is 0. The quantitative estimate of drug-likeness (QED) is 0.837. The Balaban J connectivity index is 2.01. The van der Waals surface area contributed by atoms with Gasteiger partial charge in [-0.25, -0.2) is 0 Å². The lowest BCUT2D eigenvalue weighted by molar-refractivity contribution is 0.0451. The summed E-state index contributed by atoms with van der Waals surface area (Å²) in [5.41, 5.74) is 6.11. The molecule has 1 aromatic heterocycles. The van der Waals surface area contributed by atoms with Crippen molar-refractivity contribution < 1.29 is 9.15 Å². The summed E-state index contributed by atoms with van der Waals surface area (Å²) in [6.07, 6.45) is 2.68. The zero-order chi connectivity index (χ0) is 10.7. The minimum Gasteiger partial charge on any atom is -0.468 e. The fraction of sp³-hybridized carbons (Fsp3) is 0.636. The third-order valence-electron chi connectivity index (χ3n) is 2.63. The highest BCUT2D eigenvalue weighted by Gasteiger charge is 2.29. The lowest BCUT2D eigenvalue weighted by atomic mass is 10.1. The number of furan rings is 1. The van der Waals surface area contributed by atoms with Crippen LogP contribution in [0.1, 0.15) is 24.4 Å². The van der Waals surface area contributed by atoms with Crippen molar-refractivity contribution in [1.29, 1.82) is 0 Å². The van der Waals surface area contributed by atoms with Crippen LogP contribution >= 0.6 is 11.8 Å². The molecule has 0 amide bonds. The zero-order valence-electron chi connectivity index (χ0n) is 8.89. The highest BCUT2D eigenvalue weighted by atomic mass is 32.2. The topological polar surface area (TPSA) is 48.4 Å². The minimum absolute atomic E-state index is 0.154. The molecule has 0 spiro atoms. The molecule has 0 aromatic carbocycles. The van der Waals surface area contributed by atoms with E-state index in [9.17, 15) is 0 Å². The van der Waals surface area contributed by atoms with E-state index in [2.05, 4.69) is 6.92 Å². The van der Waals surface area contributed by atoms with E-state index in [4.69, 9.17) is 14.9 Å². The van der Waals surface area contributed by atoms with Crippen molar-refractivity contribution in [3.8, 4) is 0 Å². The van der Waals surface area contributed by atoms with Crippen LogP contribution in [-0.4, -0.2) is 24.5 Å². The Morgan fingerprint density at radius 1 is 1.60 bits per heavy atom.